The van der Waals surface area contributed by atoms with Crippen LogP contribution in [-0.4, -0.2) is 0 Å². The van der Waals surface area contributed by atoms with Crippen LogP contribution in [0, 0.1) is 0 Å². The zero-order valence-electron chi connectivity index (χ0n) is 9.47. The standard InChI is InChI=1S/C13H13Cl2NS/c1-2-12-3-4-13(17-12)8-16-11-6-9(14)5-10(15)7-11/h3-7,16H,2,8H2,1H3. The second-order valence-electron chi connectivity index (χ2n) is 3.73. The molecule has 1 heterocycles. The summed E-state index contributed by atoms with van der Waals surface area (Å²) in [7, 11) is 0. The van der Waals surface area contributed by atoms with Crippen molar-refractivity contribution in [1.82, 2.24) is 0 Å². The Labute approximate surface area is 115 Å². The molecule has 2 rings (SSSR count). The summed E-state index contributed by atoms with van der Waals surface area (Å²) in [5.74, 6) is 0. The van der Waals surface area contributed by atoms with Crippen LogP contribution in [-0.2, 0) is 13.0 Å². The van der Waals surface area contributed by atoms with Crippen LogP contribution in [0.1, 0.15) is 16.7 Å². The van der Waals surface area contributed by atoms with E-state index in [1.165, 1.54) is 9.75 Å². The molecule has 0 radical (unpaired) electrons. The number of thiophene rings is 1. The van der Waals surface area contributed by atoms with Crippen molar-refractivity contribution in [3.05, 3.63) is 50.1 Å². The molecule has 2 aromatic rings. The molecule has 1 N–H and O–H groups in total. The Balaban J connectivity index is 2.01. The van der Waals surface area contributed by atoms with Gasteiger partial charge >= 0.3 is 0 Å². The molecule has 0 saturated heterocycles. The smallest absolute Gasteiger partial charge is 0.0494 e. The van der Waals surface area contributed by atoms with Crippen molar-refractivity contribution in [1.29, 1.82) is 0 Å². The number of hydrogen-bond donors (Lipinski definition) is 1. The van der Waals surface area contributed by atoms with Crippen LogP contribution < -0.4 is 5.32 Å². The largest absolute Gasteiger partial charge is 0.380 e. The maximum atomic E-state index is 5.94. The second-order valence-corrected chi connectivity index (χ2v) is 5.86. The Bertz CT molecular complexity index is 488. The van der Waals surface area contributed by atoms with E-state index in [0.29, 0.717) is 10.0 Å². The Kier molecular flexibility index (Phi) is 4.32. The average molecular weight is 286 g/mol. The van der Waals surface area contributed by atoms with Crippen LogP contribution >= 0.6 is 34.5 Å². The maximum absolute atomic E-state index is 5.94. The highest BCUT2D eigenvalue weighted by Gasteiger charge is 2.00. The van der Waals surface area contributed by atoms with Crippen molar-refractivity contribution in [2.75, 3.05) is 5.32 Å². The summed E-state index contributed by atoms with van der Waals surface area (Å²) in [6.07, 6.45) is 1.09. The van der Waals surface area contributed by atoms with Gasteiger partial charge in [0.05, 0.1) is 0 Å². The second kappa shape index (κ2) is 5.76. The zero-order chi connectivity index (χ0) is 12.3. The van der Waals surface area contributed by atoms with Gasteiger partial charge in [-0.05, 0) is 36.8 Å². The van der Waals surface area contributed by atoms with E-state index in [9.17, 15) is 0 Å². The lowest BCUT2D eigenvalue weighted by Crippen LogP contribution is -1.96. The van der Waals surface area contributed by atoms with Gasteiger partial charge in [-0.15, -0.1) is 11.3 Å². The van der Waals surface area contributed by atoms with E-state index < -0.39 is 0 Å². The summed E-state index contributed by atoms with van der Waals surface area (Å²) in [6.45, 7) is 2.97. The molecule has 0 fully saturated rings. The van der Waals surface area contributed by atoms with Gasteiger partial charge in [0.15, 0.2) is 0 Å². The van der Waals surface area contributed by atoms with Gasteiger partial charge < -0.3 is 5.32 Å². The summed E-state index contributed by atoms with van der Waals surface area (Å²) in [5, 5.41) is 4.63. The van der Waals surface area contributed by atoms with E-state index in [0.717, 1.165) is 18.7 Å². The molecule has 0 spiro atoms. The molecule has 1 aromatic heterocycles. The first-order valence-electron chi connectivity index (χ1n) is 5.45. The minimum Gasteiger partial charge on any atom is -0.380 e. The Hall–Kier alpha value is -0.700. The summed E-state index contributed by atoms with van der Waals surface area (Å²) in [5.41, 5.74) is 0.953. The van der Waals surface area contributed by atoms with Crippen LogP contribution in [0.3, 0.4) is 0 Å². The third-order valence-electron chi connectivity index (χ3n) is 2.40. The molecule has 0 amide bonds. The molecule has 0 saturated carbocycles. The molecular formula is C13H13Cl2NS. The first-order chi connectivity index (χ1) is 8.17. The Morgan fingerprint density at radius 2 is 1.71 bits per heavy atom. The Morgan fingerprint density at radius 1 is 1.06 bits per heavy atom. The van der Waals surface area contributed by atoms with Gasteiger partial charge in [0.2, 0.25) is 0 Å². The SMILES string of the molecule is CCc1ccc(CNc2cc(Cl)cc(Cl)c2)s1. The van der Waals surface area contributed by atoms with Crippen LogP contribution in [0.4, 0.5) is 5.69 Å². The predicted octanol–water partition coefficient (Wildman–Crippen LogP) is 5.23. The lowest BCUT2D eigenvalue weighted by atomic mass is 10.3. The van der Waals surface area contributed by atoms with Gasteiger partial charge in [-0.25, -0.2) is 0 Å². The summed E-state index contributed by atoms with van der Waals surface area (Å²) < 4.78 is 0. The van der Waals surface area contributed by atoms with E-state index in [2.05, 4.69) is 24.4 Å². The molecule has 0 unspecified atom stereocenters. The van der Waals surface area contributed by atoms with Crippen molar-refractivity contribution in [3.63, 3.8) is 0 Å². The van der Waals surface area contributed by atoms with Gasteiger partial charge in [0.25, 0.3) is 0 Å². The van der Waals surface area contributed by atoms with Crippen LogP contribution in [0.2, 0.25) is 10.0 Å². The van der Waals surface area contributed by atoms with Crippen molar-refractivity contribution in [3.8, 4) is 0 Å². The number of halogens is 2. The molecule has 0 aliphatic heterocycles. The van der Waals surface area contributed by atoms with E-state index in [-0.39, 0.29) is 0 Å². The van der Waals surface area contributed by atoms with Gasteiger partial charge in [-0.3, -0.25) is 0 Å². The van der Waals surface area contributed by atoms with Gasteiger partial charge in [0.1, 0.15) is 0 Å². The quantitative estimate of drug-likeness (QED) is 0.811. The summed E-state index contributed by atoms with van der Waals surface area (Å²) in [6, 6.07) is 9.81. The third-order valence-corrected chi connectivity index (χ3v) is 4.06. The normalized spacial score (nSPS) is 10.5. The first kappa shape index (κ1) is 12.7. The number of hydrogen-bond acceptors (Lipinski definition) is 2. The zero-order valence-corrected chi connectivity index (χ0v) is 11.8. The van der Waals surface area contributed by atoms with E-state index in [4.69, 9.17) is 23.2 Å². The number of nitrogens with one attached hydrogen (secondary N) is 1. The van der Waals surface area contributed by atoms with Crippen LogP contribution in [0.15, 0.2) is 30.3 Å². The molecular weight excluding hydrogens is 273 g/mol. The summed E-state index contributed by atoms with van der Waals surface area (Å²) in [4.78, 5) is 2.73. The minimum atomic E-state index is 0.653. The number of benzene rings is 1. The average Bonchev–Trinajstić information content (AvgIpc) is 2.73. The van der Waals surface area contributed by atoms with Crippen molar-refractivity contribution in [2.45, 2.75) is 19.9 Å². The maximum Gasteiger partial charge on any atom is 0.0494 e. The van der Waals surface area contributed by atoms with Crippen molar-refractivity contribution in [2.24, 2.45) is 0 Å². The van der Waals surface area contributed by atoms with Gasteiger partial charge in [0, 0.05) is 32.0 Å². The molecule has 90 valence electrons. The minimum absolute atomic E-state index is 0.653. The van der Waals surface area contributed by atoms with Gasteiger partial charge in [-0.1, -0.05) is 30.1 Å². The topological polar surface area (TPSA) is 12.0 Å². The highest BCUT2D eigenvalue weighted by Crippen LogP contribution is 2.24. The molecule has 0 aliphatic carbocycles. The summed E-state index contributed by atoms with van der Waals surface area (Å²) >= 11 is 13.7. The number of anilines is 1. The monoisotopic (exact) mass is 285 g/mol. The molecule has 0 atom stereocenters. The molecule has 17 heavy (non-hydrogen) atoms. The van der Waals surface area contributed by atoms with E-state index in [1.54, 1.807) is 6.07 Å². The molecule has 0 bridgehead atoms. The fraction of sp³-hybridized carbons (Fsp3) is 0.231. The van der Waals surface area contributed by atoms with Crippen molar-refractivity contribution < 1.29 is 0 Å². The highest BCUT2D eigenvalue weighted by molar-refractivity contribution is 7.12. The number of aryl methyl sites for hydroxylation is 1. The fourth-order valence-electron chi connectivity index (χ4n) is 1.55. The first-order valence-corrected chi connectivity index (χ1v) is 7.02. The fourth-order valence-corrected chi connectivity index (χ4v) is 2.98. The van der Waals surface area contributed by atoms with Crippen LogP contribution in [0.5, 0.6) is 0 Å². The van der Waals surface area contributed by atoms with Crippen LogP contribution in [0.25, 0.3) is 0 Å². The molecule has 4 heteroatoms. The lowest BCUT2D eigenvalue weighted by Gasteiger charge is -2.05. The molecule has 1 nitrogen and oxygen atoms in total. The highest BCUT2D eigenvalue weighted by atomic mass is 35.5. The van der Waals surface area contributed by atoms with Gasteiger partial charge in [-0.2, -0.15) is 0 Å². The lowest BCUT2D eigenvalue weighted by molar-refractivity contribution is 1.19. The molecule has 0 aliphatic rings. The number of rotatable bonds is 4. The van der Waals surface area contributed by atoms with Crippen molar-refractivity contribution >= 4 is 40.2 Å². The van der Waals surface area contributed by atoms with E-state index >= 15 is 0 Å². The molecule has 1 aromatic carbocycles. The predicted molar refractivity (Wildman–Crippen MR) is 77.5 cm³/mol. The Morgan fingerprint density at radius 3 is 2.29 bits per heavy atom. The van der Waals surface area contributed by atoms with E-state index in [1.807, 2.05) is 23.5 Å². The third kappa shape index (κ3) is 3.63.